The van der Waals surface area contributed by atoms with Gasteiger partial charge in [0.1, 0.15) is 12.1 Å². The predicted molar refractivity (Wildman–Crippen MR) is 47.8 cm³/mol. The van der Waals surface area contributed by atoms with Crippen LogP contribution in [0.1, 0.15) is 24.3 Å². The first-order valence-electron chi connectivity index (χ1n) is 3.91. The van der Waals surface area contributed by atoms with E-state index in [-0.39, 0.29) is 11.7 Å². The summed E-state index contributed by atoms with van der Waals surface area (Å²) in [6.07, 6.45) is 1.23. The number of nitrogens with zero attached hydrogens (tertiary/aromatic N) is 2. The maximum atomic E-state index is 10.5. The van der Waals surface area contributed by atoms with Crippen molar-refractivity contribution < 1.29 is 9.90 Å². The minimum absolute atomic E-state index is 0.00171. The molecule has 1 heterocycles. The standard InChI is InChI=1S/C8H11N3O2/c1-5(2)11-7-3-6(8(12)13)9-4-10-7/h3-5H,1-2H3,(H,12,13)(H,9,10,11). The number of anilines is 1. The van der Waals surface area contributed by atoms with Crippen LogP contribution < -0.4 is 5.32 Å². The summed E-state index contributed by atoms with van der Waals surface area (Å²) in [7, 11) is 0. The number of carbonyl (C=O) groups is 1. The van der Waals surface area contributed by atoms with Crippen LogP contribution in [0.2, 0.25) is 0 Å². The fourth-order valence-corrected chi connectivity index (χ4v) is 0.849. The largest absolute Gasteiger partial charge is 0.477 e. The van der Waals surface area contributed by atoms with E-state index >= 15 is 0 Å². The molecule has 5 heteroatoms. The molecule has 0 atom stereocenters. The van der Waals surface area contributed by atoms with Crippen molar-refractivity contribution in [3.05, 3.63) is 18.1 Å². The molecule has 5 nitrogen and oxygen atoms in total. The van der Waals surface area contributed by atoms with Crippen molar-refractivity contribution in [2.75, 3.05) is 5.32 Å². The first kappa shape index (κ1) is 9.44. The number of nitrogens with one attached hydrogen (secondary N) is 1. The van der Waals surface area contributed by atoms with E-state index in [0.29, 0.717) is 5.82 Å². The minimum atomic E-state index is -1.05. The highest BCUT2D eigenvalue weighted by Crippen LogP contribution is 2.04. The van der Waals surface area contributed by atoms with Crippen LogP contribution in [0.3, 0.4) is 0 Å². The summed E-state index contributed by atoms with van der Waals surface area (Å²) in [5.41, 5.74) is -0.00171. The van der Waals surface area contributed by atoms with Crippen LogP contribution in [0.15, 0.2) is 12.4 Å². The monoisotopic (exact) mass is 181 g/mol. The van der Waals surface area contributed by atoms with Gasteiger partial charge in [-0.25, -0.2) is 14.8 Å². The zero-order chi connectivity index (χ0) is 9.84. The number of rotatable bonds is 3. The molecule has 0 aliphatic rings. The summed E-state index contributed by atoms with van der Waals surface area (Å²) in [4.78, 5) is 18.0. The van der Waals surface area contributed by atoms with E-state index < -0.39 is 5.97 Å². The van der Waals surface area contributed by atoms with Gasteiger partial charge in [0.15, 0.2) is 5.69 Å². The molecule has 0 amide bonds. The molecule has 1 aromatic heterocycles. The molecule has 0 bridgehead atoms. The summed E-state index contributed by atoms with van der Waals surface area (Å²) in [6, 6.07) is 1.62. The first-order chi connectivity index (χ1) is 6.09. The predicted octanol–water partition coefficient (Wildman–Crippen LogP) is 0.995. The molecule has 0 saturated carbocycles. The fraction of sp³-hybridized carbons (Fsp3) is 0.375. The number of hydrogen-bond donors (Lipinski definition) is 2. The SMILES string of the molecule is CC(C)Nc1cc(C(=O)O)ncn1. The van der Waals surface area contributed by atoms with Crippen molar-refractivity contribution in [3.8, 4) is 0 Å². The first-order valence-corrected chi connectivity index (χ1v) is 3.91. The Morgan fingerprint density at radius 1 is 1.54 bits per heavy atom. The molecule has 0 unspecified atom stereocenters. The number of aromatic nitrogens is 2. The zero-order valence-corrected chi connectivity index (χ0v) is 7.48. The van der Waals surface area contributed by atoms with Crippen LogP contribution in [0.4, 0.5) is 5.82 Å². The Morgan fingerprint density at radius 3 is 2.77 bits per heavy atom. The van der Waals surface area contributed by atoms with Gasteiger partial charge >= 0.3 is 5.97 Å². The van der Waals surface area contributed by atoms with Crippen molar-refractivity contribution in [1.29, 1.82) is 0 Å². The maximum Gasteiger partial charge on any atom is 0.354 e. The number of carboxylic acid groups (broad SMARTS) is 1. The van der Waals surface area contributed by atoms with E-state index in [9.17, 15) is 4.79 Å². The summed E-state index contributed by atoms with van der Waals surface area (Å²) in [5, 5.41) is 11.6. The van der Waals surface area contributed by atoms with E-state index in [0.717, 1.165) is 0 Å². The van der Waals surface area contributed by atoms with E-state index in [1.807, 2.05) is 13.8 Å². The molecule has 70 valence electrons. The van der Waals surface area contributed by atoms with Crippen molar-refractivity contribution in [1.82, 2.24) is 9.97 Å². The van der Waals surface area contributed by atoms with E-state index in [4.69, 9.17) is 5.11 Å². The Bertz CT molecular complexity index is 312. The molecule has 0 aliphatic heterocycles. The normalized spacial score (nSPS) is 10.1. The molecule has 0 fully saturated rings. The highest BCUT2D eigenvalue weighted by atomic mass is 16.4. The highest BCUT2D eigenvalue weighted by Gasteiger charge is 2.05. The summed E-state index contributed by atoms with van der Waals surface area (Å²) in [5.74, 6) is -0.517. The Balaban J connectivity index is 2.85. The van der Waals surface area contributed by atoms with Gasteiger partial charge in [0.2, 0.25) is 0 Å². The maximum absolute atomic E-state index is 10.5. The molecule has 0 saturated heterocycles. The van der Waals surface area contributed by atoms with E-state index in [2.05, 4.69) is 15.3 Å². The summed E-state index contributed by atoms with van der Waals surface area (Å²) in [6.45, 7) is 3.89. The smallest absolute Gasteiger partial charge is 0.354 e. The lowest BCUT2D eigenvalue weighted by atomic mass is 10.3. The van der Waals surface area contributed by atoms with Gasteiger partial charge in [0, 0.05) is 12.1 Å². The number of aromatic carboxylic acids is 1. The fourth-order valence-electron chi connectivity index (χ4n) is 0.849. The van der Waals surface area contributed by atoms with E-state index in [1.54, 1.807) is 0 Å². The average molecular weight is 181 g/mol. The van der Waals surface area contributed by atoms with Crippen LogP contribution in [0.5, 0.6) is 0 Å². The molecule has 1 rings (SSSR count). The van der Waals surface area contributed by atoms with Gasteiger partial charge in [-0.15, -0.1) is 0 Å². The number of carboxylic acids is 1. The lowest BCUT2D eigenvalue weighted by molar-refractivity contribution is 0.0690. The topological polar surface area (TPSA) is 75.1 Å². The second-order valence-electron chi connectivity index (χ2n) is 2.89. The third-order valence-electron chi connectivity index (χ3n) is 1.32. The summed E-state index contributed by atoms with van der Waals surface area (Å²) >= 11 is 0. The van der Waals surface area contributed by atoms with Crippen LogP contribution in [0.25, 0.3) is 0 Å². The Morgan fingerprint density at radius 2 is 2.23 bits per heavy atom. The quantitative estimate of drug-likeness (QED) is 0.727. The Labute approximate surface area is 75.8 Å². The minimum Gasteiger partial charge on any atom is -0.477 e. The zero-order valence-electron chi connectivity index (χ0n) is 7.48. The van der Waals surface area contributed by atoms with Gasteiger partial charge in [-0.2, -0.15) is 0 Å². The van der Waals surface area contributed by atoms with Gasteiger partial charge in [0.05, 0.1) is 0 Å². The molecular weight excluding hydrogens is 170 g/mol. The third-order valence-corrected chi connectivity index (χ3v) is 1.32. The van der Waals surface area contributed by atoms with E-state index in [1.165, 1.54) is 12.4 Å². The van der Waals surface area contributed by atoms with Gasteiger partial charge < -0.3 is 10.4 Å². The molecule has 0 spiro atoms. The molecule has 0 aliphatic carbocycles. The van der Waals surface area contributed by atoms with Crippen molar-refractivity contribution in [2.24, 2.45) is 0 Å². The van der Waals surface area contributed by atoms with Gasteiger partial charge in [-0.1, -0.05) is 0 Å². The van der Waals surface area contributed by atoms with Gasteiger partial charge in [-0.05, 0) is 13.8 Å². The van der Waals surface area contributed by atoms with Gasteiger partial charge in [0.25, 0.3) is 0 Å². The Hall–Kier alpha value is -1.65. The molecule has 13 heavy (non-hydrogen) atoms. The lowest BCUT2D eigenvalue weighted by Gasteiger charge is -2.07. The molecule has 2 N–H and O–H groups in total. The lowest BCUT2D eigenvalue weighted by Crippen LogP contribution is -2.12. The summed E-state index contributed by atoms with van der Waals surface area (Å²) < 4.78 is 0. The molecular formula is C8H11N3O2. The number of hydrogen-bond acceptors (Lipinski definition) is 4. The molecule has 0 radical (unpaired) electrons. The van der Waals surface area contributed by atoms with Gasteiger partial charge in [-0.3, -0.25) is 0 Å². The second kappa shape index (κ2) is 3.84. The average Bonchev–Trinajstić information content (AvgIpc) is 2.03. The Kier molecular flexibility index (Phi) is 2.79. The second-order valence-corrected chi connectivity index (χ2v) is 2.89. The molecule has 0 aromatic carbocycles. The van der Waals surface area contributed by atoms with Crippen LogP contribution in [0, 0.1) is 0 Å². The molecule has 1 aromatic rings. The van der Waals surface area contributed by atoms with Crippen molar-refractivity contribution in [2.45, 2.75) is 19.9 Å². The van der Waals surface area contributed by atoms with Crippen molar-refractivity contribution >= 4 is 11.8 Å². The van der Waals surface area contributed by atoms with Crippen LogP contribution in [-0.2, 0) is 0 Å². The van der Waals surface area contributed by atoms with Crippen molar-refractivity contribution in [3.63, 3.8) is 0 Å². The third kappa shape index (κ3) is 2.70. The van der Waals surface area contributed by atoms with Crippen LogP contribution in [-0.4, -0.2) is 27.1 Å². The highest BCUT2D eigenvalue weighted by molar-refractivity contribution is 5.85. The van der Waals surface area contributed by atoms with Crippen LogP contribution >= 0.6 is 0 Å².